The van der Waals surface area contributed by atoms with Crippen molar-refractivity contribution in [1.29, 1.82) is 0 Å². The Bertz CT molecular complexity index is 1370. The number of fused-ring (bicyclic) bond motifs is 1. The lowest BCUT2D eigenvalue weighted by Gasteiger charge is -2.27. The summed E-state index contributed by atoms with van der Waals surface area (Å²) < 4.78 is 39.2. The molecular weight excluding hydrogens is 448 g/mol. The molecule has 8 nitrogen and oxygen atoms in total. The number of carbonyl (C=O) groups is 1. The van der Waals surface area contributed by atoms with Crippen LogP contribution in [-0.2, 0) is 10.0 Å². The van der Waals surface area contributed by atoms with Crippen LogP contribution in [-0.4, -0.2) is 41.7 Å². The number of aromatic nitrogens is 2. The molecule has 4 aromatic rings. The van der Waals surface area contributed by atoms with Gasteiger partial charge < -0.3 is 9.32 Å². The third-order valence-corrected chi connectivity index (χ3v) is 7.58. The summed E-state index contributed by atoms with van der Waals surface area (Å²) in [5.41, 5.74) is 2.03. The van der Waals surface area contributed by atoms with E-state index in [1.165, 1.54) is 23.9 Å². The van der Waals surface area contributed by atoms with Crippen LogP contribution in [0.15, 0.2) is 64.7 Å². The molecular formula is C22H20N4O4S2. The number of rotatable bonds is 5. The molecule has 32 heavy (non-hydrogen) atoms. The SMILES string of the molecule is O=C(c1ccc(-c2ccoc2)cc1NS(=O)(=O)c1nccc2sncc12)N1CCCCC1. The third kappa shape index (κ3) is 3.87. The van der Waals surface area contributed by atoms with Gasteiger partial charge in [-0.15, -0.1) is 0 Å². The number of carbonyl (C=O) groups excluding carboxylic acids is 1. The average Bonchev–Trinajstić information content (AvgIpc) is 3.51. The summed E-state index contributed by atoms with van der Waals surface area (Å²) in [6, 6.07) is 8.61. The molecule has 0 saturated carbocycles. The number of amides is 1. The summed E-state index contributed by atoms with van der Waals surface area (Å²) in [7, 11) is -4.07. The molecule has 164 valence electrons. The van der Waals surface area contributed by atoms with Crippen molar-refractivity contribution in [2.24, 2.45) is 0 Å². The number of sulfonamides is 1. The summed E-state index contributed by atoms with van der Waals surface area (Å²) in [5, 5.41) is 0.328. The quantitative estimate of drug-likeness (QED) is 0.466. The lowest BCUT2D eigenvalue weighted by atomic mass is 10.0. The smallest absolute Gasteiger partial charge is 0.280 e. The molecule has 0 bridgehead atoms. The molecule has 3 aromatic heterocycles. The van der Waals surface area contributed by atoms with E-state index in [2.05, 4.69) is 14.1 Å². The van der Waals surface area contributed by atoms with Gasteiger partial charge >= 0.3 is 0 Å². The minimum absolute atomic E-state index is 0.117. The van der Waals surface area contributed by atoms with Crippen LogP contribution in [0.4, 0.5) is 5.69 Å². The van der Waals surface area contributed by atoms with E-state index >= 15 is 0 Å². The summed E-state index contributed by atoms with van der Waals surface area (Å²) >= 11 is 1.20. The van der Waals surface area contributed by atoms with Crippen molar-refractivity contribution in [3.8, 4) is 11.1 Å². The van der Waals surface area contributed by atoms with Gasteiger partial charge in [-0.05, 0) is 60.6 Å². The molecule has 1 N–H and O–H groups in total. The molecule has 0 aliphatic carbocycles. The second kappa shape index (κ2) is 8.36. The molecule has 1 saturated heterocycles. The Morgan fingerprint density at radius 3 is 2.72 bits per heavy atom. The fourth-order valence-electron chi connectivity index (χ4n) is 3.87. The molecule has 1 amide bonds. The maximum absolute atomic E-state index is 13.3. The highest BCUT2D eigenvalue weighted by molar-refractivity contribution is 7.92. The van der Waals surface area contributed by atoms with E-state index < -0.39 is 10.0 Å². The van der Waals surface area contributed by atoms with E-state index in [1.54, 1.807) is 47.8 Å². The molecule has 0 radical (unpaired) electrons. The van der Waals surface area contributed by atoms with E-state index in [0.29, 0.717) is 24.0 Å². The van der Waals surface area contributed by atoms with Crippen LogP contribution in [0, 0.1) is 0 Å². The van der Waals surface area contributed by atoms with Crippen molar-refractivity contribution in [2.75, 3.05) is 17.8 Å². The van der Waals surface area contributed by atoms with Gasteiger partial charge in [-0.2, -0.15) is 12.8 Å². The van der Waals surface area contributed by atoms with Crippen molar-refractivity contribution >= 4 is 43.2 Å². The van der Waals surface area contributed by atoms with Gasteiger partial charge in [-0.3, -0.25) is 9.52 Å². The number of nitrogens with one attached hydrogen (secondary N) is 1. The molecule has 1 aliphatic heterocycles. The van der Waals surface area contributed by atoms with Gasteiger partial charge in [0, 0.05) is 24.8 Å². The second-order valence-electron chi connectivity index (χ2n) is 7.58. The molecule has 1 aliphatic rings. The topological polar surface area (TPSA) is 105 Å². The monoisotopic (exact) mass is 468 g/mol. The largest absolute Gasteiger partial charge is 0.472 e. The lowest BCUT2D eigenvalue weighted by molar-refractivity contribution is 0.0725. The molecule has 4 heterocycles. The van der Waals surface area contributed by atoms with Crippen molar-refractivity contribution in [3.05, 3.63) is 60.8 Å². The molecule has 1 aromatic carbocycles. The minimum atomic E-state index is -4.07. The fourth-order valence-corrected chi connectivity index (χ4v) is 5.78. The van der Waals surface area contributed by atoms with Crippen LogP contribution < -0.4 is 4.72 Å². The number of furan rings is 1. The van der Waals surface area contributed by atoms with Gasteiger partial charge in [0.25, 0.3) is 15.9 Å². The van der Waals surface area contributed by atoms with Gasteiger partial charge in [0.1, 0.15) is 0 Å². The molecule has 5 rings (SSSR count). The summed E-state index contributed by atoms with van der Waals surface area (Å²) in [6.45, 7) is 1.33. The number of likely N-dealkylation sites (tertiary alicyclic amines) is 1. The van der Waals surface area contributed by atoms with Crippen LogP contribution in [0.25, 0.3) is 21.2 Å². The number of hydrogen-bond donors (Lipinski definition) is 1. The standard InChI is InChI=1S/C22H20N4O4S2/c27-22(26-9-2-1-3-10-26)17-5-4-15(16-7-11-30-14-16)12-19(17)25-32(28,29)21-18-13-24-31-20(18)6-8-23-21/h4-8,11-14,25H,1-3,9-10H2. The number of anilines is 1. The first kappa shape index (κ1) is 20.7. The fraction of sp³-hybridized carbons (Fsp3) is 0.227. The van der Waals surface area contributed by atoms with Crippen LogP contribution in [0.1, 0.15) is 29.6 Å². The minimum Gasteiger partial charge on any atom is -0.472 e. The number of benzene rings is 1. The maximum atomic E-state index is 13.3. The van der Waals surface area contributed by atoms with Gasteiger partial charge in [-0.25, -0.2) is 4.98 Å². The highest BCUT2D eigenvalue weighted by Crippen LogP contribution is 2.31. The van der Waals surface area contributed by atoms with Crippen LogP contribution in [0.3, 0.4) is 0 Å². The van der Waals surface area contributed by atoms with E-state index in [-0.39, 0.29) is 16.6 Å². The van der Waals surface area contributed by atoms with E-state index in [1.807, 2.05) is 0 Å². The zero-order chi connectivity index (χ0) is 22.1. The molecule has 0 unspecified atom stereocenters. The third-order valence-electron chi connectivity index (χ3n) is 5.49. The van der Waals surface area contributed by atoms with Crippen LogP contribution >= 0.6 is 11.5 Å². The van der Waals surface area contributed by atoms with Crippen molar-refractivity contribution in [3.63, 3.8) is 0 Å². The molecule has 0 spiro atoms. The Kier molecular flexibility index (Phi) is 5.40. The van der Waals surface area contributed by atoms with Crippen molar-refractivity contribution in [2.45, 2.75) is 24.3 Å². The Morgan fingerprint density at radius 2 is 1.94 bits per heavy atom. The first-order valence-corrected chi connectivity index (χ1v) is 12.5. The first-order chi connectivity index (χ1) is 15.5. The summed E-state index contributed by atoms with van der Waals surface area (Å²) in [4.78, 5) is 19.1. The number of nitrogens with zero attached hydrogens (tertiary/aromatic N) is 3. The molecule has 0 atom stereocenters. The second-order valence-corrected chi connectivity index (χ2v) is 10.0. The van der Waals surface area contributed by atoms with Gasteiger partial charge in [0.15, 0.2) is 5.03 Å². The number of piperidine rings is 1. The van der Waals surface area contributed by atoms with Crippen molar-refractivity contribution in [1.82, 2.24) is 14.3 Å². The van der Waals surface area contributed by atoms with E-state index in [0.717, 1.165) is 35.1 Å². The van der Waals surface area contributed by atoms with Gasteiger partial charge in [0.05, 0.1) is 40.1 Å². The highest BCUT2D eigenvalue weighted by atomic mass is 32.2. The van der Waals surface area contributed by atoms with E-state index in [4.69, 9.17) is 4.42 Å². The highest BCUT2D eigenvalue weighted by Gasteiger charge is 2.26. The van der Waals surface area contributed by atoms with Crippen LogP contribution in [0.5, 0.6) is 0 Å². The predicted molar refractivity (Wildman–Crippen MR) is 122 cm³/mol. The number of hydrogen-bond acceptors (Lipinski definition) is 7. The zero-order valence-corrected chi connectivity index (χ0v) is 18.7. The first-order valence-electron chi connectivity index (χ1n) is 10.2. The Labute approximate surface area is 189 Å². The van der Waals surface area contributed by atoms with E-state index in [9.17, 15) is 13.2 Å². The maximum Gasteiger partial charge on any atom is 0.280 e. The normalized spacial score (nSPS) is 14.6. The lowest BCUT2D eigenvalue weighted by Crippen LogP contribution is -2.36. The predicted octanol–water partition coefficient (Wildman–Crippen LogP) is 4.38. The average molecular weight is 469 g/mol. The molecule has 1 fully saturated rings. The Morgan fingerprint density at radius 1 is 1.09 bits per heavy atom. The van der Waals surface area contributed by atoms with Gasteiger partial charge in [-0.1, -0.05) is 6.07 Å². The van der Waals surface area contributed by atoms with Gasteiger partial charge in [0.2, 0.25) is 0 Å². The number of pyridine rings is 1. The summed E-state index contributed by atoms with van der Waals surface area (Å²) in [6.07, 6.45) is 9.01. The van der Waals surface area contributed by atoms with Crippen LogP contribution in [0.2, 0.25) is 0 Å². The Balaban J connectivity index is 1.58. The molecule has 10 heteroatoms. The van der Waals surface area contributed by atoms with Crippen molar-refractivity contribution < 1.29 is 17.6 Å². The summed E-state index contributed by atoms with van der Waals surface area (Å²) in [5.74, 6) is -0.190. The Hall–Kier alpha value is -3.24. The zero-order valence-electron chi connectivity index (χ0n) is 17.0.